The number of aromatic nitrogens is 2. The van der Waals surface area contributed by atoms with Gasteiger partial charge in [-0.15, -0.1) is 11.3 Å². The topological polar surface area (TPSA) is 64.1 Å². The number of ether oxygens (including phenoxy) is 1. The summed E-state index contributed by atoms with van der Waals surface area (Å²) in [5, 5.41) is 5.64. The molecule has 1 aromatic carbocycles. The Labute approximate surface area is 144 Å². The van der Waals surface area contributed by atoms with Gasteiger partial charge in [0.25, 0.3) is 0 Å². The van der Waals surface area contributed by atoms with Crippen molar-refractivity contribution in [3.63, 3.8) is 0 Å². The molecule has 0 aliphatic heterocycles. The molecule has 2 heterocycles. The van der Waals surface area contributed by atoms with Gasteiger partial charge in [-0.25, -0.2) is 4.98 Å². The molecule has 122 valence electrons. The van der Waals surface area contributed by atoms with E-state index in [0.717, 1.165) is 27.7 Å². The third-order valence-electron chi connectivity index (χ3n) is 3.27. The second-order valence-corrected chi connectivity index (χ2v) is 5.92. The van der Waals surface area contributed by atoms with Gasteiger partial charge in [-0.05, 0) is 43.3 Å². The summed E-state index contributed by atoms with van der Waals surface area (Å²) >= 11 is 1.53. The first-order valence-corrected chi connectivity index (χ1v) is 8.50. The molecule has 0 bridgehead atoms. The van der Waals surface area contributed by atoms with Crippen molar-refractivity contribution >= 4 is 22.9 Å². The predicted octanol–water partition coefficient (Wildman–Crippen LogP) is 3.79. The van der Waals surface area contributed by atoms with Crippen LogP contribution in [0.4, 0.5) is 5.69 Å². The van der Waals surface area contributed by atoms with Gasteiger partial charge in [0.15, 0.2) is 0 Å². The summed E-state index contributed by atoms with van der Waals surface area (Å²) in [4.78, 5) is 20.5. The summed E-state index contributed by atoms with van der Waals surface area (Å²) in [6, 6.07) is 11.3. The van der Waals surface area contributed by atoms with Gasteiger partial charge in [0.2, 0.25) is 5.91 Å². The van der Waals surface area contributed by atoms with Crippen molar-refractivity contribution in [1.82, 2.24) is 9.97 Å². The van der Waals surface area contributed by atoms with Gasteiger partial charge in [0.05, 0.1) is 18.7 Å². The Morgan fingerprint density at radius 2 is 1.92 bits per heavy atom. The molecule has 0 aliphatic carbocycles. The number of carbonyl (C=O) groups excluding carboxylic acids is 1. The fourth-order valence-corrected chi connectivity index (χ4v) is 3.01. The summed E-state index contributed by atoms with van der Waals surface area (Å²) in [6.07, 6.45) is 3.53. The summed E-state index contributed by atoms with van der Waals surface area (Å²) in [6.45, 7) is 2.60. The van der Waals surface area contributed by atoms with Crippen molar-refractivity contribution in [3.8, 4) is 16.3 Å². The molecule has 0 saturated heterocycles. The third kappa shape index (κ3) is 4.17. The first-order valence-electron chi connectivity index (χ1n) is 7.62. The third-order valence-corrected chi connectivity index (χ3v) is 4.21. The number of nitrogens with one attached hydrogen (secondary N) is 1. The second-order valence-electron chi connectivity index (χ2n) is 5.06. The predicted molar refractivity (Wildman–Crippen MR) is 95.3 cm³/mol. The van der Waals surface area contributed by atoms with Gasteiger partial charge in [-0.2, -0.15) is 0 Å². The molecule has 3 rings (SSSR count). The van der Waals surface area contributed by atoms with Crippen LogP contribution in [0.3, 0.4) is 0 Å². The molecule has 3 aromatic rings. The van der Waals surface area contributed by atoms with Crippen LogP contribution in [0.1, 0.15) is 12.6 Å². The molecule has 0 spiro atoms. The van der Waals surface area contributed by atoms with E-state index in [0.29, 0.717) is 6.61 Å². The summed E-state index contributed by atoms with van der Waals surface area (Å²) < 4.78 is 5.44. The molecule has 0 fully saturated rings. The molecule has 2 aromatic heterocycles. The summed E-state index contributed by atoms with van der Waals surface area (Å²) in [5.41, 5.74) is 2.51. The lowest BCUT2D eigenvalue weighted by molar-refractivity contribution is -0.115. The molecule has 1 amide bonds. The van der Waals surface area contributed by atoms with Crippen molar-refractivity contribution in [2.45, 2.75) is 13.3 Å². The Bertz CT molecular complexity index is 801. The highest BCUT2D eigenvalue weighted by Gasteiger charge is 2.09. The van der Waals surface area contributed by atoms with Crippen LogP contribution in [0.5, 0.6) is 5.75 Å². The summed E-state index contributed by atoms with van der Waals surface area (Å²) in [5.74, 6) is 0.750. The van der Waals surface area contributed by atoms with Crippen molar-refractivity contribution in [3.05, 3.63) is 59.9 Å². The molecule has 0 radical (unpaired) electrons. The standard InChI is InChI=1S/C18H17N3O2S/c1-2-23-16-5-3-13(4-6-16)18-21-15(12-24-18)11-17(22)20-14-7-9-19-10-8-14/h3-10,12H,2,11H2,1H3,(H,19,20,22). The Balaban J connectivity index is 1.63. The molecule has 0 unspecified atom stereocenters. The first-order chi connectivity index (χ1) is 11.7. The number of benzene rings is 1. The monoisotopic (exact) mass is 339 g/mol. The summed E-state index contributed by atoms with van der Waals surface area (Å²) in [7, 11) is 0. The number of thiazole rings is 1. The van der Waals surface area contributed by atoms with E-state index < -0.39 is 0 Å². The second kappa shape index (κ2) is 7.70. The van der Waals surface area contributed by atoms with E-state index in [9.17, 15) is 4.79 Å². The minimum Gasteiger partial charge on any atom is -0.494 e. The zero-order valence-electron chi connectivity index (χ0n) is 13.2. The number of pyridine rings is 1. The number of carbonyl (C=O) groups is 1. The Morgan fingerprint density at radius 1 is 1.17 bits per heavy atom. The van der Waals surface area contributed by atoms with Gasteiger partial charge in [0.1, 0.15) is 10.8 Å². The van der Waals surface area contributed by atoms with Gasteiger partial charge in [-0.1, -0.05) is 0 Å². The number of hydrogen-bond donors (Lipinski definition) is 1. The number of nitrogens with zero attached hydrogens (tertiary/aromatic N) is 2. The average molecular weight is 339 g/mol. The Hall–Kier alpha value is -2.73. The molecule has 5 nitrogen and oxygen atoms in total. The number of amides is 1. The number of anilines is 1. The van der Waals surface area contributed by atoms with Crippen molar-refractivity contribution < 1.29 is 9.53 Å². The van der Waals surface area contributed by atoms with Crippen LogP contribution < -0.4 is 10.1 Å². The highest BCUT2D eigenvalue weighted by atomic mass is 32.1. The quantitative estimate of drug-likeness (QED) is 0.742. The number of rotatable bonds is 6. The minimum atomic E-state index is -0.0928. The van der Waals surface area contributed by atoms with Gasteiger partial charge >= 0.3 is 0 Å². The maximum atomic E-state index is 12.1. The molecule has 1 N–H and O–H groups in total. The van der Waals surface area contributed by atoms with Crippen molar-refractivity contribution in [2.24, 2.45) is 0 Å². The first kappa shape index (κ1) is 16.1. The van der Waals surface area contributed by atoms with E-state index in [1.807, 2.05) is 36.6 Å². The van der Waals surface area contributed by atoms with E-state index in [-0.39, 0.29) is 12.3 Å². The van der Waals surface area contributed by atoms with E-state index in [4.69, 9.17) is 4.74 Å². The largest absolute Gasteiger partial charge is 0.494 e. The zero-order chi connectivity index (χ0) is 16.8. The lowest BCUT2D eigenvalue weighted by Crippen LogP contribution is -2.14. The molecular formula is C18H17N3O2S. The Morgan fingerprint density at radius 3 is 2.62 bits per heavy atom. The molecule has 24 heavy (non-hydrogen) atoms. The minimum absolute atomic E-state index is 0.0928. The van der Waals surface area contributed by atoms with Crippen LogP contribution in [0, 0.1) is 0 Å². The fraction of sp³-hybridized carbons (Fsp3) is 0.167. The van der Waals surface area contributed by atoms with Gasteiger partial charge in [0, 0.05) is 29.0 Å². The van der Waals surface area contributed by atoms with Gasteiger partial charge < -0.3 is 10.1 Å². The average Bonchev–Trinajstić information content (AvgIpc) is 3.05. The highest BCUT2D eigenvalue weighted by molar-refractivity contribution is 7.13. The fourth-order valence-electron chi connectivity index (χ4n) is 2.19. The van der Waals surface area contributed by atoms with E-state index in [1.165, 1.54) is 11.3 Å². The smallest absolute Gasteiger partial charge is 0.230 e. The lowest BCUT2D eigenvalue weighted by atomic mass is 10.2. The van der Waals surface area contributed by atoms with Crippen LogP contribution >= 0.6 is 11.3 Å². The van der Waals surface area contributed by atoms with E-state index >= 15 is 0 Å². The highest BCUT2D eigenvalue weighted by Crippen LogP contribution is 2.26. The molecule has 0 atom stereocenters. The van der Waals surface area contributed by atoms with Crippen molar-refractivity contribution in [1.29, 1.82) is 0 Å². The normalized spacial score (nSPS) is 10.4. The molecule has 6 heteroatoms. The van der Waals surface area contributed by atoms with E-state index in [1.54, 1.807) is 24.5 Å². The van der Waals surface area contributed by atoms with Crippen LogP contribution in [-0.4, -0.2) is 22.5 Å². The molecule has 0 aliphatic rings. The molecule has 0 saturated carbocycles. The zero-order valence-corrected chi connectivity index (χ0v) is 14.0. The van der Waals surface area contributed by atoms with Crippen LogP contribution in [0.25, 0.3) is 10.6 Å². The maximum Gasteiger partial charge on any atom is 0.230 e. The van der Waals surface area contributed by atoms with Crippen LogP contribution in [-0.2, 0) is 11.2 Å². The van der Waals surface area contributed by atoms with E-state index in [2.05, 4.69) is 15.3 Å². The SMILES string of the molecule is CCOc1ccc(-c2nc(CC(=O)Nc3ccncc3)cs2)cc1. The lowest BCUT2D eigenvalue weighted by Gasteiger charge is -2.03. The number of hydrogen-bond acceptors (Lipinski definition) is 5. The van der Waals surface area contributed by atoms with Crippen LogP contribution in [0.15, 0.2) is 54.2 Å². The van der Waals surface area contributed by atoms with Gasteiger partial charge in [-0.3, -0.25) is 9.78 Å². The van der Waals surface area contributed by atoms with Crippen LogP contribution in [0.2, 0.25) is 0 Å². The molecular weight excluding hydrogens is 322 g/mol. The Kier molecular flexibility index (Phi) is 5.18. The van der Waals surface area contributed by atoms with Crippen molar-refractivity contribution in [2.75, 3.05) is 11.9 Å². The maximum absolute atomic E-state index is 12.1.